The van der Waals surface area contributed by atoms with Gasteiger partial charge in [-0.2, -0.15) is 0 Å². The van der Waals surface area contributed by atoms with Crippen molar-refractivity contribution < 1.29 is 17.9 Å². The summed E-state index contributed by atoms with van der Waals surface area (Å²) in [5.74, 6) is 2.40. The molecule has 1 aliphatic rings. The third kappa shape index (κ3) is 6.16. The standard InChI is InChI=1S/C15H22N2O4S2.ClH/c1-17(15(18)14-10-22-11-16-14)8-3-9-21-12-4-6-13(7-5-12)23(2,19)20;/h4-7,14,16H,3,8-11H2,1-2H3;1H. The van der Waals surface area contributed by atoms with Crippen LogP contribution in [0.5, 0.6) is 5.75 Å². The van der Waals surface area contributed by atoms with Gasteiger partial charge in [0.05, 0.1) is 17.5 Å². The van der Waals surface area contributed by atoms with Crippen molar-refractivity contribution in [3.05, 3.63) is 24.3 Å². The molecule has 1 aromatic rings. The van der Waals surface area contributed by atoms with E-state index in [0.717, 1.165) is 18.1 Å². The summed E-state index contributed by atoms with van der Waals surface area (Å²) >= 11 is 1.73. The number of sulfone groups is 1. The minimum Gasteiger partial charge on any atom is -0.494 e. The SMILES string of the molecule is CN(CCCOc1ccc(S(C)(=O)=O)cc1)C(=O)C1CSCN1.Cl. The lowest BCUT2D eigenvalue weighted by Gasteiger charge is -2.20. The lowest BCUT2D eigenvalue weighted by molar-refractivity contribution is -0.131. The van der Waals surface area contributed by atoms with E-state index in [2.05, 4.69) is 5.32 Å². The van der Waals surface area contributed by atoms with E-state index in [1.807, 2.05) is 0 Å². The molecule has 9 heteroatoms. The quantitative estimate of drug-likeness (QED) is 0.704. The topological polar surface area (TPSA) is 75.7 Å². The molecule has 1 aromatic carbocycles. The number of benzene rings is 1. The predicted octanol–water partition coefficient (Wildman–Crippen LogP) is 1.40. The molecule has 1 amide bonds. The summed E-state index contributed by atoms with van der Waals surface area (Å²) in [6.07, 6.45) is 1.89. The van der Waals surface area contributed by atoms with E-state index in [1.54, 1.807) is 35.8 Å². The number of nitrogens with zero attached hydrogens (tertiary/aromatic N) is 1. The Morgan fingerprint density at radius 1 is 1.38 bits per heavy atom. The predicted molar refractivity (Wildman–Crippen MR) is 98.8 cm³/mol. The molecule has 2 rings (SSSR count). The number of carbonyl (C=O) groups is 1. The van der Waals surface area contributed by atoms with E-state index < -0.39 is 9.84 Å². The van der Waals surface area contributed by atoms with Crippen LogP contribution in [0.1, 0.15) is 6.42 Å². The Labute approximate surface area is 153 Å². The molecule has 1 N–H and O–H groups in total. The zero-order chi connectivity index (χ0) is 16.9. The summed E-state index contributed by atoms with van der Waals surface area (Å²) in [5.41, 5.74) is 0. The third-order valence-corrected chi connectivity index (χ3v) is 5.62. The summed E-state index contributed by atoms with van der Waals surface area (Å²) < 4.78 is 28.3. The zero-order valence-corrected chi connectivity index (χ0v) is 16.2. The Morgan fingerprint density at radius 3 is 2.58 bits per heavy atom. The molecule has 0 saturated carbocycles. The highest BCUT2D eigenvalue weighted by molar-refractivity contribution is 7.99. The average Bonchev–Trinajstić information content (AvgIpc) is 3.04. The summed E-state index contributed by atoms with van der Waals surface area (Å²) in [7, 11) is -1.38. The summed E-state index contributed by atoms with van der Waals surface area (Å²) in [6, 6.07) is 6.28. The van der Waals surface area contributed by atoms with Gasteiger partial charge in [-0.05, 0) is 30.7 Å². The molecular weight excluding hydrogens is 372 g/mol. The molecule has 6 nitrogen and oxygen atoms in total. The van der Waals surface area contributed by atoms with Crippen LogP contribution in [0, 0.1) is 0 Å². The number of hydrogen-bond donors (Lipinski definition) is 1. The Morgan fingerprint density at radius 2 is 2.04 bits per heavy atom. The van der Waals surface area contributed by atoms with Crippen molar-refractivity contribution in [1.82, 2.24) is 10.2 Å². The van der Waals surface area contributed by atoms with Crippen LogP contribution in [0.3, 0.4) is 0 Å². The van der Waals surface area contributed by atoms with E-state index in [-0.39, 0.29) is 29.3 Å². The van der Waals surface area contributed by atoms with Gasteiger partial charge in [0.15, 0.2) is 9.84 Å². The summed E-state index contributed by atoms with van der Waals surface area (Å²) in [5, 5.41) is 3.16. The number of rotatable bonds is 7. The van der Waals surface area contributed by atoms with E-state index in [4.69, 9.17) is 4.74 Å². The van der Waals surface area contributed by atoms with Crippen LogP contribution in [0.4, 0.5) is 0 Å². The van der Waals surface area contributed by atoms with Gasteiger partial charge < -0.3 is 9.64 Å². The highest BCUT2D eigenvalue weighted by atomic mass is 35.5. The maximum atomic E-state index is 12.1. The molecule has 1 fully saturated rings. The second-order valence-electron chi connectivity index (χ2n) is 5.48. The van der Waals surface area contributed by atoms with Crippen molar-refractivity contribution in [1.29, 1.82) is 0 Å². The molecule has 1 atom stereocenters. The van der Waals surface area contributed by atoms with Crippen molar-refractivity contribution in [3.8, 4) is 5.75 Å². The van der Waals surface area contributed by atoms with E-state index in [0.29, 0.717) is 18.9 Å². The number of nitrogens with one attached hydrogen (secondary N) is 1. The van der Waals surface area contributed by atoms with E-state index >= 15 is 0 Å². The molecule has 1 aliphatic heterocycles. The molecule has 0 aromatic heterocycles. The maximum Gasteiger partial charge on any atom is 0.240 e. The van der Waals surface area contributed by atoms with Crippen LogP contribution in [-0.4, -0.2) is 63.4 Å². The lowest BCUT2D eigenvalue weighted by atomic mass is 10.3. The highest BCUT2D eigenvalue weighted by Gasteiger charge is 2.24. The number of halogens is 1. The van der Waals surface area contributed by atoms with Crippen LogP contribution in [-0.2, 0) is 14.6 Å². The van der Waals surface area contributed by atoms with Crippen LogP contribution in [0.15, 0.2) is 29.2 Å². The molecule has 24 heavy (non-hydrogen) atoms. The van der Waals surface area contributed by atoms with Crippen LogP contribution in [0.2, 0.25) is 0 Å². The van der Waals surface area contributed by atoms with Crippen molar-refractivity contribution in [3.63, 3.8) is 0 Å². The van der Waals surface area contributed by atoms with Gasteiger partial charge in [-0.25, -0.2) is 8.42 Å². The Kier molecular flexibility index (Phi) is 8.35. The van der Waals surface area contributed by atoms with Gasteiger partial charge in [0.1, 0.15) is 5.75 Å². The number of thioether (sulfide) groups is 1. The monoisotopic (exact) mass is 394 g/mol. The molecule has 0 aliphatic carbocycles. The second kappa shape index (κ2) is 9.50. The van der Waals surface area contributed by atoms with Crippen molar-refractivity contribution >= 4 is 39.9 Å². The van der Waals surface area contributed by atoms with E-state index in [1.165, 1.54) is 18.4 Å². The fourth-order valence-electron chi connectivity index (χ4n) is 2.20. The average molecular weight is 395 g/mol. The Balaban J connectivity index is 0.00000288. The van der Waals surface area contributed by atoms with Gasteiger partial charge in [-0.15, -0.1) is 24.2 Å². The molecule has 0 radical (unpaired) electrons. The molecule has 1 heterocycles. The van der Waals surface area contributed by atoms with Crippen LogP contribution in [0.25, 0.3) is 0 Å². The molecule has 1 unspecified atom stereocenters. The van der Waals surface area contributed by atoms with Gasteiger partial charge in [-0.3, -0.25) is 10.1 Å². The number of hydrogen-bond acceptors (Lipinski definition) is 6. The number of carbonyl (C=O) groups excluding carboxylic acids is 1. The van der Waals surface area contributed by atoms with Crippen molar-refractivity contribution in [2.24, 2.45) is 0 Å². The first-order chi connectivity index (χ1) is 10.9. The van der Waals surface area contributed by atoms with Gasteiger partial charge in [0, 0.05) is 31.5 Å². The van der Waals surface area contributed by atoms with E-state index in [9.17, 15) is 13.2 Å². The van der Waals surface area contributed by atoms with Crippen molar-refractivity contribution in [2.75, 3.05) is 38.1 Å². The second-order valence-corrected chi connectivity index (χ2v) is 8.52. The van der Waals surface area contributed by atoms with Gasteiger partial charge in [0.2, 0.25) is 5.91 Å². The largest absolute Gasteiger partial charge is 0.494 e. The number of ether oxygens (including phenoxy) is 1. The zero-order valence-electron chi connectivity index (χ0n) is 13.7. The number of amides is 1. The van der Waals surface area contributed by atoms with Crippen molar-refractivity contribution in [2.45, 2.75) is 17.4 Å². The fraction of sp³-hybridized carbons (Fsp3) is 0.533. The Hall–Kier alpha value is -0.960. The number of likely N-dealkylation sites (N-methyl/N-ethyl adjacent to an activating group) is 1. The van der Waals surface area contributed by atoms with Gasteiger partial charge in [-0.1, -0.05) is 0 Å². The minimum atomic E-state index is -3.18. The fourth-order valence-corrected chi connectivity index (χ4v) is 3.77. The molecule has 1 saturated heterocycles. The molecule has 136 valence electrons. The molecule has 0 bridgehead atoms. The first-order valence-corrected chi connectivity index (χ1v) is 10.4. The molecule has 0 spiro atoms. The first-order valence-electron chi connectivity index (χ1n) is 7.37. The summed E-state index contributed by atoms with van der Waals surface area (Å²) in [6.45, 7) is 1.10. The minimum absolute atomic E-state index is 0. The summed E-state index contributed by atoms with van der Waals surface area (Å²) in [4.78, 5) is 14.1. The van der Waals surface area contributed by atoms with Gasteiger partial charge >= 0.3 is 0 Å². The van der Waals surface area contributed by atoms with Gasteiger partial charge in [0.25, 0.3) is 0 Å². The third-order valence-electron chi connectivity index (χ3n) is 3.55. The van der Waals surface area contributed by atoms with Crippen LogP contribution >= 0.6 is 24.2 Å². The normalized spacial score (nSPS) is 17.2. The molecular formula is C15H23ClN2O4S2. The maximum absolute atomic E-state index is 12.1. The Bertz CT molecular complexity index is 631. The first kappa shape index (κ1) is 21.1. The smallest absolute Gasteiger partial charge is 0.240 e. The highest BCUT2D eigenvalue weighted by Crippen LogP contribution is 2.16. The lowest BCUT2D eigenvalue weighted by Crippen LogP contribution is -2.43. The van der Waals surface area contributed by atoms with Crippen LogP contribution < -0.4 is 10.1 Å².